The monoisotopic (exact) mass is 472 g/mol. The SMILES string of the molecule is COc1ccc(S(=O)(=O)Nc2ccccc2Cl)cc1NC(=O)CCC(=O)c1ccccc1. The molecule has 0 aromatic heterocycles. The summed E-state index contributed by atoms with van der Waals surface area (Å²) in [6.07, 6.45) is -0.0457. The van der Waals surface area contributed by atoms with Crippen molar-refractivity contribution in [1.29, 1.82) is 0 Å². The first-order valence-electron chi connectivity index (χ1n) is 9.63. The Morgan fingerprint density at radius 2 is 1.59 bits per heavy atom. The molecule has 7 nitrogen and oxygen atoms in total. The first-order chi connectivity index (χ1) is 15.3. The number of rotatable bonds is 9. The molecule has 0 aliphatic rings. The largest absolute Gasteiger partial charge is 0.495 e. The molecule has 0 saturated carbocycles. The van der Waals surface area contributed by atoms with E-state index in [1.54, 1.807) is 48.5 Å². The number of para-hydroxylation sites is 1. The third kappa shape index (κ3) is 5.87. The van der Waals surface area contributed by atoms with Crippen LogP contribution in [0.3, 0.4) is 0 Å². The molecule has 0 spiro atoms. The van der Waals surface area contributed by atoms with Crippen molar-refractivity contribution in [3.63, 3.8) is 0 Å². The van der Waals surface area contributed by atoms with Crippen LogP contribution < -0.4 is 14.8 Å². The number of carbonyl (C=O) groups is 2. The first-order valence-corrected chi connectivity index (χ1v) is 11.5. The molecule has 9 heteroatoms. The molecule has 0 unspecified atom stereocenters. The summed E-state index contributed by atoms with van der Waals surface area (Å²) in [6.45, 7) is 0. The van der Waals surface area contributed by atoms with Crippen LogP contribution in [-0.4, -0.2) is 27.2 Å². The van der Waals surface area contributed by atoms with Gasteiger partial charge in [-0.1, -0.05) is 54.1 Å². The van der Waals surface area contributed by atoms with Crippen LogP contribution in [0.1, 0.15) is 23.2 Å². The van der Waals surface area contributed by atoms with Crippen LogP contribution in [0.4, 0.5) is 11.4 Å². The van der Waals surface area contributed by atoms with Gasteiger partial charge in [-0.15, -0.1) is 0 Å². The van der Waals surface area contributed by atoms with Crippen LogP contribution in [0, 0.1) is 0 Å². The molecular weight excluding hydrogens is 452 g/mol. The van der Waals surface area contributed by atoms with Crippen molar-refractivity contribution >= 4 is 44.7 Å². The molecule has 0 bridgehead atoms. The molecule has 32 heavy (non-hydrogen) atoms. The summed E-state index contributed by atoms with van der Waals surface area (Å²) in [7, 11) is -2.57. The molecule has 0 aliphatic heterocycles. The van der Waals surface area contributed by atoms with Gasteiger partial charge in [0.2, 0.25) is 5.91 Å². The van der Waals surface area contributed by atoms with Crippen molar-refractivity contribution < 1.29 is 22.7 Å². The standard InChI is InChI=1S/C23H21ClN2O5S/c1-31-22-13-11-17(32(29,30)26-19-10-6-5-9-18(19)24)15-20(22)25-23(28)14-12-21(27)16-7-3-2-4-8-16/h2-11,13,15,26H,12,14H2,1H3,(H,25,28). The second kappa shape index (κ2) is 10.3. The van der Waals surface area contributed by atoms with Crippen molar-refractivity contribution in [2.75, 3.05) is 17.1 Å². The second-order valence-corrected chi connectivity index (χ2v) is 8.87. The number of ether oxygens (including phenoxy) is 1. The quantitative estimate of drug-likeness (QED) is 0.437. The number of nitrogens with one attached hydrogen (secondary N) is 2. The number of hydrogen-bond acceptors (Lipinski definition) is 5. The number of anilines is 2. The van der Waals surface area contributed by atoms with Gasteiger partial charge in [0.15, 0.2) is 5.78 Å². The number of ketones is 1. The Morgan fingerprint density at radius 3 is 2.28 bits per heavy atom. The molecule has 0 aliphatic carbocycles. The Bertz CT molecular complexity index is 1230. The molecule has 2 N–H and O–H groups in total. The predicted octanol–water partition coefficient (Wildman–Crippen LogP) is 4.75. The molecular formula is C23H21ClN2O5S. The highest BCUT2D eigenvalue weighted by atomic mass is 35.5. The van der Waals surface area contributed by atoms with Crippen molar-refractivity contribution in [2.24, 2.45) is 0 Å². The van der Waals surface area contributed by atoms with E-state index in [0.29, 0.717) is 5.56 Å². The van der Waals surface area contributed by atoms with Crippen molar-refractivity contribution in [1.82, 2.24) is 0 Å². The van der Waals surface area contributed by atoms with Gasteiger partial charge in [0.25, 0.3) is 10.0 Å². The lowest BCUT2D eigenvalue weighted by molar-refractivity contribution is -0.116. The molecule has 0 heterocycles. The van der Waals surface area contributed by atoms with Crippen LogP contribution in [0.2, 0.25) is 5.02 Å². The minimum atomic E-state index is -3.98. The minimum Gasteiger partial charge on any atom is -0.495 e. The van der Waals surface area contributed by atoms with Gasteiger partial charge in [-0.3, -0.25) is 14.3 Å². The maximum Gasteiger partial charge on any atom is 0.262 e. The molecule has 3 aromatic rings. The highest BCUT2D eigenvalue weighted by molar-refractivity contribution is 7.92. The van der Waals surface area contributed by atoms with E-state index < -0.39 is 15.9 Å². The minimum absolute atomic E-state index is 0.0181. The van der Waals surface area contributed by atoms with Crippen LogP contribution in [0.25, 0.3) is 0 Å². The van der Waals surface area contributed by atoms with E-state index >= 15 is 0 Å². The zero-order chi connectivity index (χ0) is 23.1. The van der Waals surface area contributed by atoms with Gasteiger partial charge in [-0.25, -0.2) is 8.42 Å². The van der Waals surface area contributed by atoms with E-state index in [1.165, 1.54) is 31.4 Å². The molecule has 3 aromatic carbocycles. The smallest absolute Gasteiger partial charge is 0.262 e. The zero-order valence-corrected chi connectivity index (χ0v) is 18.7. The number of benzene rings is 3. The van der Waals surface area contributed by atoms with Gasteiger partial charge in [0, 0.05) is 18.4 Å². The van der Waals surface area contributed by atoms with Gasteiger partial charge >= 0.3 is 0 Å². The maximum atomic E-state index is 12.8. The first kappa shape index (κ1) is 23.3. The van der Waals surface area contributed by atoms with Crippen LogP contribution in [0.5, 0.6) is 5.75 Å². The summed E-state index contributed by atoms with van der Waals surface area (Å²) in [6, 6.07) is 19.2. The normalized spacial score (nSPS) is 10.9. The molecule has 166 valence electrons. The number of sulfonamides is 1. The third-order valence-corrected chi connectivity index (χ3v) is 6.24. The van der Waals surface area contributed by atoms with Crippen molar-refractivity contribution in [3.05, 3.63) is 83.4 Å². The van der Waals surface area contributed by atoms with Crippen LogP contribution in [-0.2, 0) is 14.8 Å². The fraction of sp³-hybridized carbons (Fsp3) is 0.130. The number of carbonyl (C=O) groups excluding carboxylic acids is 2. The summed E-state index contributed by atoms with van der Waals surface area (Å²) in [5.41, 5.74) is 0.929. The van der Waals surface area contributed by atoms with Crippen LogP contribution >= 0.6 is 11.6 Å². The summed E-state index contributed by atoms with van der Waals surface area (Å²) in [5, 5.41) is 2.87. The number of Topliss-reactive ketones (excluding diaryl/α,β-unsaturated/α-hetero) is 1. The van der Waals surface area contributed by atoms with Gasteiger partial charge < -0.3 is 10.1 Å². The van der Waals surface area contributed by atoms with Gasteiger partial charge in [-0.05, 0) is 30.3 Å². The number of amides is 1. The highest BCUT2D eigenvalue weighted by Crippen LogP contribution is 2.30. The zero-order valence-electron chi connectivity index (χ0n) is 17.2. The Labute approximate surface area is 191 Å². The third-order valence-electron chi connectivity index (χ3n) is 4.55. The van der Waals surface area contributed by atoms with Gasteiger partial charge in [-0.2, -0.15) is 0 Å². The topological polar surface area (TPSA) is 102 Å². The predicted molar refractivity (Wildman–Crippen MR) is 124 cm³/mol. The van der Waals surface area contributed by atoms with Crippen LogP contribution in [0.15, 0.2) is 77.7 Å². The summed E-state index contributed by atoms with van der Waals surface area (Å²) < 4.78 is 33.2. The number of halogens is 1. The average molecular weight is 473 g/mol. The fourth-order valence-electron chi connectivity index (χ4n) is 2.91. The lowest BCUT2D eigenvalue weighted by atomic mass is 10.1. The molecule has 0 saturated heterocycles. The lowest BCUT2D eigenvalue weighted by Gasteiger charge is -2.14. The molecule has 0 radical (unpaired) electrons. The molecule has 3 rings (SSSR count). The summed E-state index contributed by atoms with van der Waals surface area (Å²) in [5.74, 6) is -0.321. The van der Waals surface area contributed by atoms with E-state index in [0.717, 1.165) is 0 Å². The number of hydrogen-bond donors (Lipinski definition) is 2. The van der Waals surface area contributed by atoms with Crippen molar-refractivity contribution in [2.45, 2.75) is 17.7 Å². The maximum absolute atomic E-state index is 12.8. The number of methoxy groups -OCH3 is 1. The van der Waals surface area contributed by atoms with E-state index in [4.69, 9.17) is 16.3 Å². The Morgan fingerprint density at radius 1 is 0.906 bits per heavy atom. The molecule has 1 amide bonds. The highest BCUT2D eigenvalue weighted by Gasteiger charge is 2.19. The second-order valence-electron chi connectivity index (χ2n) is 6.78. The Kier molecular flexibility index (Phi) is 7.50. The van der Waals surface area contributed by atoms with Crippen molar-refractivity contribution in [3.8, 4) is 5.75 Å². The average Bonchev–Trinajstić information content (AvgIpc) is 2.79. The Balaban J connectivity index is 1.73. The Hall–Kier alpha value is -3.36. The molecule has 0 atom stereocenters. The lowest BCUT2D eigenvalue weighted by Crippen LogP contribution is -2.16. The summed E-state index contributed by atoms with van der Waals surface area (Å²) in [4.78, 5) is 24.5. The van der Waals surface area contributed by atoms with Gasteiger partial charge in [0.05, 0.1) is 28.4 Å². The molecule has 0 fully saturated rings. The van der Waals surface area contributed by atoms with E-state index in [-0.39, 0.29) is 45.7 Å². The van der Waals surface area contributed by atoms with E-state index in [9.17, 15) is 18.0 Å². The van der Waals surface area contributed by atoms with E-state index in [2.05, 4.69) is 10.0 Å². The van der Waals surface area contributed by atoms with Gasteiger partial charge in [0.1, 0.15) is 5.75 Å². The van der Waals surface area contributed by atoms with E-state index in [1.807, 2.05) is 0 Å². The summed E-state index contributed by atoms with van der Waals surface area (Å²) >= 11 is 6.04. The fourth-order valence-corrected chi connectivity index (χ4v) is 4.25.